The highest BCUT2D eigenvalue weighted by Crippen LogP contribution is 2.40. The molecule has 346 valence electrons. The molecule has 12 heteroatoms. The second-order valence-electron chi connectivity index (χ2n) is 19.1. The molecule has 4 aliphatic rings. The van der Waals surface area contributed by atoms with Gasteiger partial charge in [-0.25, -0.2) is 4.79 Å². The van der Waals surface area contributed by atoms with Crippen LogP contribution in [0.3, 0.4) is 0 Å². The van der Waals surface area contributed by atoms with Gasteiger partial charge >= 0.3 is 5.97 Å². The quantitative estimate of drug-likeness (QED) is 0.145. The minimum Gasteiger partial charge on any atom is -0.456 e. The molecule has 3 heterocycles. The monoisotopic (exact) mass is 865 g/mol. The van der Waals surface area contributed by atoms with Gasteiger partial charge in [-0.05, 0) is 114 Å². The van der Waals surface area contributed by atoms with Gasteiger partial charge in [0.15, 0.2) is 0 Å². The lowest BCUT2D eigenvalue weighted by Crippen LogP contribution is -2.64. The maximum atomic E-state index is 14.6. The number of esters is 1. The summed E-state index contributed by atoms with van der Waals surface area (Å²) in [5.41, 5.74) is 2.63. The van der Waals surface area contributed by atoms with E-state index < -0.39 is 65.4 Å². The smallest absolute Gasteiger partial charge is 0.329 e. The summed E-state index contributed by atoms with van der Waals surface area (Å²) in [6, 6.07) is 9.20. The van der Waals surface area contributed by atoms with Crippen LogP contribution in [-0.4, -0.2) is 109 Å². The number of piperidine rings is 1. The maximum absolute atomic E-state index is 14.6. The van der Waals surface area contributed by atoms with Crippen LogP contribution in [0.4, 0.5) is 0 Å². The lowest BCUT2D eigenvalue weighted by molar-refractivity contribution is -0.302. The van der Waals surface area contributed by atoms with Crippen molar-refractivity contribution < 1.29 is 48.0 Å². The highest BCUT2D eigenvalue weighted by Gasteiger charge is 2.56. The van der Waals surface area contributed by atoms with Crippen molar-refractivity contribution in [1.29, 1.82) is 0 Å². The van der Waals surface area contributed by atoms with Gasteiger partial charge in [0.05, 0.1) is 18.3 Å². The van der Waals surface area contributed by atoms with Crippen molar-refractivity contribution in [3.05, 3.63) is 59.2 Å². The van der Waals surface area contributed by atoms with Gasteiger partial charge in [0.2, 0.25) is 5.79 Å². The van der Waals surface area contributed by atoms with Gasteiger partial charge in [0, 0.05) is 58.2 Å². The van der Waals surface area contributed by atoms with E-state index in [-0.39, 0.29) is 42.6 Å². The molecule has 1 aromatic carbocycles. The average molecular weight is 865 g/mol. The number of fused-ring (bicyclic) bond motifs is 3. The average Bonchev–Trinajstić information content (AvgIpc) is 3.27. The number of amides is 1. The fraction of sp³-hybridized carbons (Fsp3) is 0.720. The number of Topliss-reactive ketones (excluding diaryl/α,β-unsaturated/α-hetero) is 2. The summed E-state index contributed by atoms with van der Waals surface area (Å²) in [6.07, 6.45) is 9.62. The van der Waals surface area contributed by atoms with Gasteiger partial charge in [-0.2, -0.15) is 0 Å². The van der Waals surface area contributed by atoms with Crippen LogP contribution in [0.2, 0.25) is 0 Å². The van der Waals surface area contributed by atoms with E-state index in [4.69, 9.17) is 23.7 Å². The number of carbonyl (C=O) groups is 4. The van der Waals surface area contributed by atoms with Crippen LogP contribution >= 0.6 is 0 Å². The summed E-state index contributed by atoms with van der Waals surface area (Å²) >= 11 is 0. The van der Waals surface area contributed by atoms with Crippen LogP contribution in [0.15, 0.2) is 53.6 Å². The van der Waals surface area contributed by atoms with E-state index in [2.05, 4.69) is 36.5 Å². The first-order valence-corrected chi connectivity index (χ1v) is 23.3. The largest absolute Gasteiger partial charge is 0.456 e. The molecule has 2 bridgehead atoms. The highest BCUT2D eigenvalue weighted by atomic mass is 16.7. The Bertz CT molecular complexity index is 1730. The van der Waals surface area contributed by atoms with Gasteiger partial charge in [0.25, 0.3) is 11.7 Å². The summed E-state index contributed by atoms with van der Waals surface area (Å²) < 4.78 is 30.6. The summed E-state index contributed by atoms with van der Waals surface area (Å²) in [4.78, 5) is 58.7. The SMILES string of the molecule is CCC1C=C(C)CC(C)CC(OC)C2OC(O)(C(=O)C(=O)N3CCCCC3C(=O)OC(C(C)=CC3(NCc4ccccc4)CCCC(OC)C3)C(C)CCC1=O)C(C)CC2OC. The zero-order valence-electron chi connectivity index (χ0n) is 39.0. The maximum Gasteiger partial charge on any atom is 0.329 e. The number of ketones is 2. The molecule has 1 amide bonds. The molecule has 5 rings (SSSR count). The lowest BCUT2D eigenvalue weighted by Gasteiger charge is -2.47. The number of aliphatic hydroxyl groups is 1. The van der Waals surface area contributed by atoms with Crippen LogP contribution in [0.5, 0.6) is 0 Å². The van der Waals surface area contributed by atoms with Crippen molar-refractivity contribution >= 4 is 23.4 Å². The molecule has 2 N–H and O–H groups in total. The number of ether oxygens (including phenoxy) is 5. The molecular weight excluding hydrogens is 789 g/mol. The topological polar surface area (TPSA) is 150 Å². The Kier molecular flexibility index (Phi) is 18.1. The van der Waals surface area contributed by atoms with E-state index in [0.717, 1.165) is 42.4 Å². The highest BCUT2D eigenvalue weighted by molar-refractivity contribution is 6.39. The van der Waals surface area contributed by atoms with Gasteiger partial charge in [-0.15, -0.1) is 0 Å². The second-order valence-corrected chi connectivity index (χ2v) is 19.1. The van der Waals surface area contributed by atoms with Crippen LogP contribution in [0.1, 0.15) is 131 Å². The van der Waals surface area contributed by atoms with E-state index in [0.29, 0.717) is 57.9 Å². The third-order valence-electron chi connectivity index (χ3n) is 14.2. The molecule has 0 aromatic heterocycles. The van der Waals surface area contributed by atoms with Crippen LogP contribution in [-0.2, 0) is 49.4 Å². The molecule has 12 atom stereocenters. The Hall–Kier alpha value is -3.26. The molecule has 12 unspecified atom stereocenters. The van der Waals surface area contributed by atoms with Gasteiger partial charge in [-0.1, -0.05) is 75.8 Å². The van der Waals surface area contributed by atoms with Gasteiger partial charge in [0.1, 0.15) is 24.0 Å². The van der Waals surface area contributed by atoms with E-state index in [1.807, 2.05) is 45.9 Å². The molecule has 12 nitrogen and oxygen atoms in total. The molecule has 1 aliphatic carbocycles. The first-order chi connectivity index (χ1) is 29.6. The molecule has 2 saturated heterocycles. The van der Waals surface area contributed by atoms with Gasteiger partial charge in [-0.3, -0.25) is 14.4 Å². The fourth-order valence-corrected chi connectivity index (χ4v) is 10.6. The number of cyclic esters (lactones) is 1. The molecular formula is C50H76N2O10. The number of carbonyl (C=O) groups excluding carboxylic acids is 4. The lowest BCUT2D eigenvalue weighted by atomic mass is 9.77. The van der Waals surface area contributed by atoms with Crippen molar-refractivity contribution in [2.24, 2.45) is 23.7 Å². The predicted octanol–water partition coefficient (Wildman–Crippen LogP) is 7.44. The molecule has 1 saturated carbocycles. The Morgan fingerprint density at radius 1 is 0.952 bits per heavy atom. The summed E-state index contributed by atoms with van der Waals surface area (Å²) in [6.45, 7) is 12.7. The standard InChI is InChI=1S/C50H76N2O10/c1-10-38-26-32(2)25-33(3)27-42(59-8)45-43(60-9)28-36(6)50(57,62-45)46(54)47(55)52-24-15-14-20-40(52)48(56)61-44(34(4)21-22-41(38)53)35(5)29-49(23-16-19-39(30-49)58-7)51-31-37-17-12-11-13-18-37/h11-13,17-18,26,29,33-34,36,38-40,42-45,51,57H,10,14-16,19-25,27-28,30-31H2,1-9H3. The first-order valence-electron chi connectivity index (χ1n) is 23.3. The number of rotatable bonds is 9. The van der Waals surface area contributed by atoms with Crippen molar-refractivity contribution in [3.63, 3.8) is 0 Å². The molecule has 0 spiro atoms. The number of nitrogens with zero attached hydrogens (tertiary/aromatic N) is 1. The molecule has 62 heavy (non-hydrogen) atoms. The van der Waals surface area contributed by atoms with E-state index in [1.54, 1.807) is 28.3 Å². The number of hydrogen-bond acceptors (Lipinski definition) is 11. The first kappa shape index (κ1) is 49.8. The Labute approximate surface area is 370 Å². The molecule has 3 aliphatic heterocycles. The number of hydrogen-bond donors (Lipinski definition) is 2. The molecule has 1 aromatic rings. The predicted molar refractivity (Wildman–Crippen MR) is 238 cm³/mol. The normalized spacial score (nSPS) is 36.6. The minimum atomic E-state index is -2.47. The minimum absolute atomic E-state index is 0.0447. The second kappa shape index (κ2) is 22.6. The van der Waals surface area contributed by atoms with Crippen molar-refractivity contribution in [1.82, 2.24) is 10.2 Å². The van der Waals surface area contributed by atoms with Crippen LogP contribution < -0.4 is 5.32 Å². The number of allylic oxidation sites excluding steroid dienone is 2. The van der Waals surface area contributed by atoms with Gasteiger partial charge < -0.3 is 39.0 Å². The number of benzene rings is 1. The summed E-state index contributed by atoms with van der Waals surface area (Å²) in [5.74, 6) is -6.25. The molecule has 0 radical (unpaired) electrons. The van der Waals surface area contributed by atoms with Crippen molar-refractivity contribution in [2.45, 2.75) is 179 Å². The van der Waals surface area contributed by atoms with E-state index in [9.17, 15) is 24.3 Å². The van der Waals surface area contributed by atoms with E-state index >= 15 is 0 Å². The zero-order valence-corrected chi connectivity index (χ0v) is 39.0. The Morgan fingerprint density at radius 3 is 2.34 bits per heavy atom. The number of nitrogens with one attached hydrogen (secondary N) is 1. The number of methoxy groups -OCH3 is 3. The third kappa shape index (κ3) is 12.1. The zero-order chi connectivity index (χ0) is 45.2. The molecule has 3 fully saturated rings. The summed E-state index contributed by atoms with van der Waals surface area (Å²) in [5, 5.41) is 16.0. The van der Waals surface area contributed by atoms with Crippen molar-refractivity contribution in [3.8, 4) is 0 Å². The Balaban J connectivity index is 1.54. The Morgan fingerprint density at radius 2 is 1.66 bits per heavy atom. The van der Waals surface area contributed by atoms with Crippen LogP contribution in [0, 0.1) is 23.7 Å². The third-order valence-corrected chi connectivity index (χ3v) is 14.2. The summed E-state index contributed by atoms with van der Waals surface area (Å²) in [7, 11) is 4.87. The van der Waals surface area contributed by atoms with Crippen molar-refractivity contribution in [2.75, 3.05) is 27.9 Å². The van der Waals surface area contributed by atoms with E-state index in [1.165, 1.54) is 4.90 Å². The fourth-order valence-electron chi connectivity index (χ4n) is 10.6. The van der Waals surface area contributed by atoms with Crippen LogP contribution in [0.25, 0.3) is 0 Å².